The van der Waals surface area contributed by atoms with Crippen molar-refractivity contribution in [3.8, 4) is 22.1 Å². The zero-order valence-electron chi connectivity index (χ0n) is 10.8. The van der Waals surface area contributed by atoms with E-state index in [9.17, 15) is 4.79 Å². The monoisotopic (exact) mass is 279 g/mol. The van der Waals surface area contributed by atoms with Crippen molar-refractivity contribution in [2.45, 2.75) is 0 Å². The Morgan fingerprint density at radius 2 is 2.00 bits per heavy atom. The Kier molecular flexibility index (Phi) is 4.01. The van der Waals surface area contributed by atoms with Crippen LogP contribution in [0.4, 0.5) is 0 Å². The number of ether oxygens (including phenoxy) is 3. The Balaban J connectivity index is 2.47. The first-order valence-corrected chi connectivity index (χ1v) is 6.28. The number of esters is 1. The topological polar surface area (TPSA) is 57.7 Å². The summed E-state index contributed by atoms with van der Waals surface area (Å²) < 4.78 is 15.2. The molecular formula is C13H13NO4S. The van der Waals surface area contributed by atoms with Crippen LogP contribution in [0.1, 0.15) is 9.67 Å². The van der Waals surface area contributed by atoms with Crippen molar-refractivity contribution in [3.63, 3.8) is 0 Å². The summed E-state index contributed by atoms with van der Waals surface area (Å²) >= 11 is 1.25. The average molecular weight is 279 g/mol. The summed E-state index contributed by atoms with van der Waals surface area (Å²) in [6, 6.07) is 5.51. The van der Waals surface area contributed by atoms with Crippen molar-refractivity contribution in [2.75, 3.05) is 21.3 Å². The van der Waals surface area contributed by atoms with E-state index in [0.717, 1.165) is 5.56 Å². The Bertz CT molecular complexity index is 594. The molecule has 1 heterocycles. The van der Waals surface area contributed by atoms with Crippen LogP contribution in [-0.4, -0.2) is 32.3 Å². The van der Waals surface area contributed by atoms with E-state index >= 15 is 0 Å². The van der Waals surface area contributed by atoms with Gasteiger partial charge in [-0.1, -0.05) is 6.07 Å². The van der Waals surface area contributed by atoms with Crippen molar-refractivity contribution in [3.05, 3.63) is 29.3 Å². The summed E-state index contributed by atoms with van der Waals surface area (Å²) in [7, 11) is 4.48. The smallest absolute Gasteiger partial charge is 0.349 e. The minimum atomic E-state index is -0.398. The molecule has 0 fully saturated rings. The molecule has 6 heteroatoms. The first-order chi connectivity index (χ1) is 9.21. The number of hydrogen-bond acceptors (Lipinski definition) is 6. The lowest BCUT2D eigenvalue weighted by molar-refractivity contribution is 0.0606. The van der Waals surface area contributed by atoms with Gasteiger partial charge in [-0.3, -0.25) is 0 Å². The quantitative estimate of drug-likeness (QED) is 0.805. The lowest BCUT2D eigenvalue weighted by Gasteiger charge is -2.10. The summed E-state index contributed by atoms with van der Waals surface area (Å²) in [4.78, 5) is 16.1. The standard InChI is InChI=1S/C13H13NO4S/c1-16-9-6-4-5-8(11(9)17-2)12-14-7-10(19-12)13(15)18-3/h4-7H,1-3H3. The SMILES string of the molecule is COC(=O)c1cnc(-c2cccc(OC)c2OC)s1. The molecule has 0 amide bonds. The number of nitrogens with zero attached hydrogens (tertiary/aromatic N) is 1. The first-order valence-electron chi connectivity index (χ1n) is 5.46. The van der Waals surface area contributed by atoms with E-state index in [-0.39, 0.29) is 0 Å². The second-order valence-electron chi connectivity index (χ2n) is 3.56. The van der Waals surface area contributed by atoms with Gasteiger partial charge in [-0.05, 0) is 12.1 Å². The van der Waals surface area contributed by atoms with Crippen LogP contribution < -0.4 is 9.47 Å². The van der Waals surface area contributed by atoms with Gasteiger partial charge in [0.1, 0.15) is 9.88 Å². The van der Waals surface area contributed by atoms with Crippen molar-refractivity contribution in [2.24, 2.45) is 0 Å². The summed E-state index contributed by atoms with van der Waals surface area (Å²) in [5.74, 6) is 0.816. The summed E-state index contributed by atoms with van der Waals surface area (Å²) in [6.45, 7) is 0. The highest BCUT2D eigenvalue weighted by Crippen LogP contribution is 2.39. The average Bonchev–Trinajstić information content (AvgIpc) is 2.95. The number of methoxy groups -OCH3 is 3. The highest BCUT2D eigenvalue weighted by Gasteiger charge is 2.17. The van der Waals surface area contributed by atoms with Crippen LogP contribution in [0.25, 0.3) is 10.6 Å². The van der Waals surface area contributed by atoms with Crippen molar-refractivity contribution >= 4 is 17.3 Å². The Labute approximate surface area is 114 Å². The minimum Gasteiger partial charge on any atom is -0.493 e. The highest BCUT2D eigenvalue weighted by atomic mass is 32.1. The number of carbonyl (C=O) groups is 1. The maximum absolute atomic E-state index is 11.4. The Hall–Kier alpha value is -2.08. The Morgan fingerprint density at radius 1 is 1.21 bits per heavy atom. The van der Waals surface area contributed by atoms with Crippen molar-refractivity contribution < 1.29 is 19.0 Å². The van der Waals surface area contributed by atoms with E-state index in [1.807, 2.05) is 12.1 Å². The number of hydrogen-bond donors (Lipinski definition) is 0. The molecule has 100 valence electrons. The van der Waals surface area contributed by atoms with Gasteiger partial charge in [0.05, 0.1) is 33.1 Å². The van der Waals surface area contributed by atoms with Gasteiger partial charge in [-0.2, -0.15) is 0 Å². The van der Waals surface area contributed by atoms with Crippen molar-refractivity contribution in [1.82, 2.24) is 4.98 Å². The zero-order chi connectivity index (χ0) is 13.8. The van der Waals surface area contributed by atoms with Crippen LogP contribution >= 0.6 is 11.3 Å². The molecule has 0 aliphatic heterocycles. The molecular weight excluding hydrogens is 266 g/mol. The van der Waals surface area contributed by atoms with Crippen LogP contribution in [0.5, 0.6) is 11.5 Å². The van der Waals surface area contributed by atoms with Gasteiger partial charge in [-0.15, -0.1) is 11.3 Å². The fourth-order valence-corrected chi connectivity index (χ4v) is 2.51. The van der Waals surface area contributed by atoms with E-state index in [4.69, 9.17) is 9.47 Å². The third-order valence-corrected chi connectivity index (χ3v) is 3.54. The predicted molar refractivity (Wildman–Crippen MR) is 72.0 cm³/mol. The number of para-hydroxylation sites is 1. The maximum atomic E-state index is 11.4. The third kappa shape index (κ3) is 2.53. The number of benzene rings is 1. The largest absolute Gasteiger partial charge is 0.493 e. The van der Waals surface area contributed by atoms with Gasteiger partial charge in [0, 0.05) is 0 Å². The zero-order valence-corrected chi connectivity index (χ0v) is 11.6. The first kappa shape index (κ1) is 13.4. The molecule has 0 bridgehead atoms. The van der Waals surface area contributed by atoms with Crippen LogP contribution in [0.3, 0.4) is 0 Å². The van der Waals surface area contributed by atoms with E-state index < -0.39 is 5.97 Å². The van der Waals surface area contributed by atoms with Gasteiger partial charge in [-0.25, -0.2) is 9.78 Å². The van der Waals surface area contributed by atoms with Gasteiger partial charge in [0.15, 0.2) is 11.5 Å². The summed E-state index contributed by atoms with van der Waals surface area (Å²) in [6.07, 6.45) is 1.49. The second kappa shape index (κ2) is 5.71. The predicted octanol–water partition coefficient (Wildman–Crippen LogP) is 2.61. The summed E-state index contributed by atoms with van der Waals surface area (Å²) in [5.41, 5.74) is 0.780. The fraction of sp³-hybridized carbons (Fsp3) is 0.231. The van der Waals surface area contributed by atoms with E-state index in [1.165, 1.54) is 24.6 Å². The second-order valence-corrected chi connectivity index (χ2v) is 4.59. The van der Waals surface area contributed by atoms with E-state index in [0.29, 0.717) is 21.4 Å². The third-order valence-electron chi connectivity index (χ3n) is 2.53. The fourth-order valence-electron chi connectivity index (χ4n) is 1.65. The molecule has 2 aromatic rings. The normalized spacial score (nSPS) is 10.1. The number of thiazole rings is 1. The number of aromatic nitrogens is 1. The van der Waals surface area contributed by atoms with E-state index in [1.54, 1.807) is 20.3 Å². The minimum absolute atomic E-state index is 0.398. The molecule has 0 spiro atoms. The molecule has 1 aromatic carbocycles. The van der Waals surface area contributed by atoms with Gasteiger partial charge >= 0.3 is 5.97 Å². The van der Waals surface area contributed by atoms with Gasteiger partial charge < -0.3 is 14.2 Å². The van der Waals surface area contributed by atoms with Gasteiger partial charge in [0.25, 0.3) is 0 Å². The Morgan fingerprint density at radius 3 is 2.63 bits per heavy atom. The van der Waals surface area contributed by atoms with Crippen LogP contribution in [-0.2, 0) is 4.74 Å². The van der Waals surface area contributed by atoms with Crippen LogP contribution in [0.2, 0.25) is 0 Å². The summed E-state index contributed by atoms with van der Waals surface area (Å²) in [5, 5.41) is 0.677. The molecule has 0 atom stereocenters. The molecule has 0 radical (unpaired) electrons. The molecule has 5 nitrogen and oxygen atoms in total. The molecule has 0 saturated heterocycles. The molecule has 0 unspecified atom stereocenters. The molecule has 0 aliphatic carbocycles. The molecule has 2 rings (SSSR count). The highest BCUT2D eigenvalue weighted by molar-refractivity contribution is 7.16. The van der Waals surface area contributed by atoms with Crippen LogP contribution in [0, 0.1) is 0 Å². The molecule has 0 aliphatic rings. The maximum Gasteiger partial charge on any atom is 0.349 e. The molecule has 1 aromatic heterocycles. The lowest BCUT2D eigenvalue weighted by Crippen LogP contribution is -1.96. The van der Waals surface area contributed by atoms with E-state index in [2.05, 4.69) is 9.72 Å². The molecule has 0 saturated carbocycles. The number of rotatable bonds is 4. The molecule has 19 heavy (non-hydrogen) atoms. The van der Waals surface area contributed by atoms with Crippen molar-refractivity contribution in [1.29, 1.82) is 0 Å². The number of carbonyl (C=O) groups excluding carboxylic acids is 1. The lowest BCUT2D eigenvalue weighted by atomic mass is 10.2. The van der Waals surface area contributed by atoms with Crippen LogP contribution in [0.15, 0.2) is 24.4 Å². The van der Waals surface area contributed by atoms with Gasteiger partial charge in [0.2, 0.25) is 0 Å². The molecule has 0 N–H and O–H groups in total.